The summed E-state index contributed by atoms with van der Waals surface area (Å²) in [6.45, 7) is 5.75. The maximum absolute atomic E-state index is 13.4. The number of methoxy groups -OCH3 is 1. The van der Waals surface area contributed by atoms with Crippen molar-refractivity contribution in [3.8, 4) is 11.5 Å². The van der Waals surface area contributed by atoms with Crippen LogP contribution in [-0.4, -0.2) is 50.0 Å². The van der Waals surface area contributed by atoms with Crippen LogP contribution in [0.15, 0.2) is 36.4 Å². The normalized spacial score (nSPS) is 18.4. The fourth-order valence-electron chi connectivity index (χ4n) is 3.80. The SMILES string of the molecule is COc1ccc(CN(C(=O)[C@@H](C)Oc2cc(C)c(Cl)c(C)c2)[C@@H]2CCS(=O)(=O)C2)cc1. The summed E-state index contributed by atoms with van der Waals surface area (Å²) in [6, 6.07) is 10.6. The quantitative estimate of drug-likeness (QED) is 0.619. The summed E-state index contributed by atoms with van der Waals surface area (Å²) in [7, 11) is -1.56. The van der Waals surface area contributed by atoms with E-state index < -0.39 is 15.9 Å². The number of hydrogen-bond acceptors (Lipinski definition) is 5. The minimum atomic E-state index is -3.15. The van der Waals surface area contributed by atoms with Crippen LogP contribution in [0.1, 0.15) is 30.0 Å². The van der Waals surface area contributed by atoms with E-state index in [9.17, 15) is 13.2 Å². The smallest absolute Gasteiger partial charge is 0.263 e. The predicted molar refractivity (Wildman–Crippen MR) is 122 cm³/mol. The standard InChI is InChI=1S/C23H28ClNO5S/c1-15-11-21(12-16(2)22(15)24)30-17(3)23(26)25(19-9-10-31(27,28)14-19)13-18-5-7-20(29-4)8-6-18/h5-8,11-12,17,19H,9-10,13-14H2,1-4H3/t17-,19-/m1/s1. The minimum absolute atomic E-state index is 0.0270. The molecule has 6 nitrogen and oxygen atoms in total. The molecule has 0 spiro atoms. The zero-order valence-electron chi connectivity index (χ0n) is 18.2. The summed E-state index contributed by atoms with van der Waals surface area (Å²) in [6.07, 6.45) is -0.350. The number of halogens is 1. The van der Waals surface area contributed by atoms with Crippen molar-refractivity contribution in [2.75, 3.05) is 18.6 Å². The zero-order valence-corrected chi connectivity index (χ0v) is 19.8. The third-order valence-corrected chi connectivity index (χ3v) is 7.86. The van der Waals surface area contributed by atoms with Crippen LogP contribution >= 0.6 is 11.6 Å². The van der Waals surface area contributed by atoms with Crippen molar-refractivity contribution in [2.45, 2.75) is 45.9 Å². The van der Waals surface area contributed by atoms with Crippen LogP contribution < -0.4 is 9.47 Å². The number of rotatable bonds is 7. The highest BCUT2D eigenvalue weighted by atomic mass is 35.5. The van der Waals surface area contributed by atoms with E-state index in [1.165, 1.54) is 0 Å². The predicted octanol–water partition coefficient (Wildman–Crippen LogP) is 3.95. The van der Waals surface area contributed by atoms with Crippen molar-refractivity contribution in [3.63, 3.8) is 0 Å². The van der Waals surface area contributed by atoms with Gasteiger partial charge in [-0.3, -0.25) is 4.79 Å². The Balaban J connectivity index is 1.82. The van der Waals surface area contributed by atoms with E-state index in [0.29, 0.717) is 23.7 Å². The first-order valence-corrected chi connectivity index (χ1v) is 12.4. The Labute approximate surface area is 189 Å². The first kappa shape index (κ1) is 23.4. The van der Waals surface area contributed by atoms with Gasteiger partial charge in [0.1, 0.15) is 11.5 Å². The van der Waals surface area contributed by atoms with Crippen molar-refractivity contribution in [2.24, 2.45) is 0 Å². The highest BCUT2D eigenvalue weighted by Gasteiger charge is 2.36. The Morgan fingerprint density at radius 1 is 1.16 bits per heavy atom. The fourth-order valence-corrected chi connectivity index (χ4v) is 5.64. The van der Waals surface area contributed by atoms with Crippen molar-refractivity contribution in [1.82, 2.24) is 4.90 Å². The molecule has 0 bridgehead atoms. The Morgan fingerprint density at radius 2 is 1.77 bits per heavy atom. The molecule has 1 aliphatic heterocycles. The lowest BCUT2D eigenvalue weighted by molar-refractivity contribution is -0.140. The Kier molecular flexibility index (Phi) is 7.17. The molecule has 168 valence electrons. The van der Waals surface area contributed by atoms with Crippen molar-refractivity contribution < 1.29 is 22.7 Å². The van der Waals surface area contributed by atoms with E-state index in [1.807, 2.05) is 38.1 Å². The maximum Gasteiger partial charge on any atom is 0.263 e. The molecule has 2 atom stereocenters. The monoisotopic (exact) mass is 465 g/mol. The van der Waals surface area contributed by atoms with Gasteiger partial charge in [0.25, 0.3) is 5.91 Å². The van der Waals surface area contributed by atoms with Crippen LogP contribution in [0.2, 0.25) is 5.02 Å². The Hall–Kier alpha value is -2.25. The summed E-state index contributed by atoms with van der Waals surface area (Å²) in [5.74, 6) is 1.09. The molecule has 1 saturated heterocycles. The van der Waals surface area contributed by atoms with E-state index in [-0.39, 0.29) is 23.5 Å². The zero-order chi connectivity index (χ0) is 22.8. The van der Waals surface area contributed by atoms with Crippen LogP contribution in [-0.2, 0) is 21.2 Å². The van der Waals surface area contributed by atoms with Crippen molar-refractivity contribution in [1.29, 1.82) is 0 Å². The van der Waals surface area contributed by atoms with E-state index in [1.54, 1.807) is 31.1 Å². The molecule has 0 unspecified atom stereocenters. The molecule has 8 heteroatoms. The van der Waals surface area contributed by atoms with Crippen LogP contribution in [0.4, 0.5) is 0 Å². The van der Waals surface area contributed by atoms with Gasteiger partial charge in [-0.25, -0.2) is 8.42 Å². The van der Waals surface area contributed by atoms with Gasteiger partial charge in [0.05, 0.1) is 18.6 Å². The average Bonchev–Trinajstić information content (AvgIpc) is 3.09. The minimum Gasteiger partial charge on any atom is -0.497 e. The number of benzene rings is 2. The number of ether oxygens (including phenoxy) is 2. The molecule has 0 aliphatic carbocycles. The summed E-state index contributed by atoms with van der Waals surface area (Å²) >= 11 is 6.23. The highest BCUT2D eigenvalue weighted by Crippen LogP contribution is 2.28. The van der Waals surface area contributed by atoms with Gasteiger partial charge >= 0.3 is 0 Å². The maximum atomic E-state index is 13.4. The second-order valence-corrected chi connectivity index (χ2v) is 10.6. The lowest BCUT2D eigenvalue weighted by Gasteiger charge is -2.31. The Morgan fingerprint density at radius 3 is 2.29 bits per heavy atom. The molecule has 0 radical (unpaired) electrons. The number of amides is 1. The molecule has 1 heterocycles. The molecular weight excluding hydrogens is 438 g/mol. The van der Waals surface area contributed by atoms with Crippen LogP contribution in [0.3, 0.4) is 0 Å². The van der Waals surface area contributed by atoms with Crippen LogP contribution in [0, 0.1) is 13.8 Å². The first-order chi connectivity index (χ1) is 14.6. The number of carbonyl (C=O) groups is 1. The van der Waals surface area contributed by atoms with E-state index >= 15 is 0 Å². The van der Waals surface area contributed by atoms with Gasteiger partial charge < -0.3 is 14.4 Å². The van der Waals surface area contributed by atoms with Gasteiger partial charge in [-0.1, -0.05) is 23.7 Å². The number of nitrogens with zero attached hydrogens (tertiary/aromatic N) is 1. The summed E-state index contributed by atoms with van der Waals surface area (Å²) in [5.41, 5.74) is 2.63. The van der Waals surface area contributed by atoms with Gasteiger partial charge in [0, 0.05) is 17.6 Å². The first-order valence-electron chi connectivity index (χ1n) is 10.2. The van der Waals surface area contributed by atoms with Gasteiger partial charge in [-0.05, 0) is 68.1 Å². The van der Waals surface area contributed by atoms with Gasteiger partial charge in [-0.15, -0.1) is 0 Å². The van der Waals surface area contributed by atoms with E-state index in [4.69, 9.17) is 21.1 Å². The largest absolute Gasteiger partial charge is 0.497 e. The second kappa shape index (κ2) is 9.49. The van der Waals surface area contributed by atoms with Crippen molar-refractivity contribution in [3.05, 3.63) is 58.1 Å². The molecule has 1 aliphatic rings. The molecule has 3 rings (SSSR count). The number of aryl methyl sites for hydroxylation is 2. The van der Waals surface area contributed by atoms with Gasteiger partial charge in [0.2, 0.25) is 0 Å². The summed E-state index contributed by atoms with van der Waals surface area (Å²) < 4.78 is 35.3. The number of carbonyl (C=O) groups excluding carboxylic acids is 1. The summed E-state index contributed by atoms with van der Waals surface area (Å²) in [4.78, 5) is 15.0. The second-order valence-electron chi connectivity index (χ2n) is 8.00. The molecule has 2 aromatic rings. The molecule has 1 fully saturated rings. The molecule has 31 heavy (non-hydrogen) atoms. The average molecular weight is 466 g/mol. The fraction of sp³-hybridized carbons (Fsp3) is 0.435. The molecule has 0 aromatic heterocycles. The Bertz CT molecular complexity index is 1030. The lowest BCUT2D eigenvalue weighted by Crippen LogP contribution is -2.46. The van der Waals surface area contributed by atoms with Crippen LogP contribution in [0.5, 0.6) is 11.5 Å². The number of hydrogen-bond donors (Lipinski definition) is 0. The summed E-state index contributed by atoms with van der Waals surface area (Å²) in [5, 5.41) is 0.670. The molecule has 1 amide bonds. The molecule has 0 saturated carbocycles. The van der Waals surface area contributed by atoms with E-state index in [0.717, 1.165) is 22.4 Å². The molecular formula is C23H28ClNO5S. The van der Waals surface area contributed by atoms with Crippen LogP contribution in [0.25, 0.3) is 0 Å². The lowest BCUT2D eigenvalue weighted by atomic mass is 10.1. The van der Waals surface area contributed by atoms with E-state index in [2.05, 4.69) is 0 Å². The molecule has 0 N–H and O–H groups in total. The van der Waals surface area contributed by atoms with Gasteiger partial charge in [0.15, 0.2) is 15.9 Å². The number of sulfone groups is 1. The molecule has 2 aromatic carbocycles. The van der Waals surface area contributed by atoms with Gasteiger partial charge in [-0.2, -0.15) is 0 Å². The highest BCUT2D eigenvalue weighted by molar-refractivity contribution is 7.91. The van der Waals surface area contributed by atoms with Crippen molar-refractivity contribution >= 4 is 27.3 Å². The third-order valence-electron chi connectivity index (χ3n) is 5.51. The topological polar surface area (TPSA) is 72.9 Å². The third kappa shape index (κ3) is 5.71.